The second-order valence-corrected chi connectivity index (χ2v) is 5.75. The molecule has 1 aromatic rings. The van der Waals surface area contributed by atoms with Crippen LogP contribution in [0.25, 0.3) is 0 Å². The van der Waals surface area contributed by atoms with Crippen molar-refractivity contribution in [3.8, 4) is 0 Å². The Balaban J connectivity index is 1.77. The van der Waals surface area contributed by atoms with Crippen molar-refractivity contribution < 1.29 is 23.3 Å². The summed E-state index contributed by atoms with van der Waals surface area (Å²) in [6.45, 7) is 0.827. The topological polar surface area (TPSA) is 76.7 Å². The summed E-state index contributed by atoms with van der Waals surface area (Å²) in [5, 5.41) is 8.93. The molecule has 0 saturated carbocycles. The second-order valence-electron chi connectivity index (χ2n) is 4.25. The van der Waals surface area contributed by atoms with Gasteiger partial charge in [-0.25, -0.2) is 4.79 Å². The highest BCUT2D eigenvalue weighted by molar-refractivity contribution is 7.84. The van der Waals surface area contributed by atoms with E-state index in [1.54, 1.807) is 0 Å². The van der Waals surface area contributed by atoms with Crippen LogP contribution in [0.3, 0.4) is 0 Å². The maximum atomic E-state index is 11.8. The number of carboxylic acid groups (broad SMARTS) is 1. The van der Waals surface area contributed by atoms with Crippen LogP contribution >= 0.6 is 0 Å². The zero-order chi connectivity index (χ0) is 13.0. The van der Waals surface area contributed by atoms with Crippen LogP contribution in [-0.4, -0.2) is 33.7 Å². The number of ether oxygens (including phenoxy) is 1. The predicted octanol–water partition coefficient (Wildman–Crippen LogP) is 2.04. The molecule has 18 heavy (non-hydrogen) atoms. The van der Waals surface area contributed by atoms with Crippen molar-refractivity contribution in [2.24, 2.45) is 0 Å². The molecule has 0 aromatic carbocycles. The van der Waals surface area contributed by atoms with E-state index in [0.29, 0.717) is 11.9 Å². The molecule has 5 nitrogen and oxygen atoms in total. The molecule has 6 heteroatoms. The average molecular weight is 272 g/mol. The summed E-state index contributed by atoms with van der Waals surface area (Å²) in [5.74, 6) is -0.832. The Kier molecular flexibility index (Phi) is 4.54. The molecule has 1 aliphatic rings. The van der Waals surface area contributed by atoms with Crippen LogP contribution in [0.2, 0.25) is 0 Å². The Labute approximate surface area is 108 Å². The number of hydrogen-bond donors (Lipinski definition) is 1. The van der Waals surface area contributed by atoms with Crippen LogP contribution in [0.4, 0.5) is 0 Å². The van der Waals surface area contributed by atoms with Gasteiger partial charge in [-0.2, -0.15) is 0 Å². The Bertz CT molecular complexity index is 433. The van der Waals surface area contributed by atoms with Crippen LogP contribution < -0.4 is 0 Å². The van der Waals surface area contributed by atoms with Crippen molar-refractivity contribution in [1.82, 2.24) is 0 Å². The molecule has 1 aliphatic heterocycles. The molecule has 2 rings (SSSR count). The van der Waals surface area contributed by atoms with Crippen molar-refractivity contribution >= 4 is 16.8 Å². The van der Waals surface area contributed by atoms with Crippen LogP contribution in [0, 0.1) is 0 Å². The van der Waals surface area contributed by atoms with Gasteiger partial charge in [0.2, 0.25) is 5.76 Å². The molecule has 0 aliphatic carbocycles. The lowest BCUT2D eigenvalue weighted by Gasteiger charge is -2.07. The summed E-state index contributed by atoms with van der Waals surface area (Å²) >= 11 is 0. The molecular weight excluding hydrogens is 256 g/mol. The first-order valence-electron chi connectivity index (χ1n) is 6.00. The fourth-order valence-corrected chi connectivity index (χ4v) is 3.00. The number of hydrogen-bond acceptors (Lipinski definition) is 4. The van der Waals surface area contributed by atoms with E-state index in [0.717, 1.165) is 32.3 Å². The monoisotopic (exact) mass is 272 g/mol. The first-order valence-corrected chi connectivity index (χ1v) is 7.32. The van der Waals surface area contributed by atoms with E-state index in [1.807, 2.05) is 0 Å². The van der Waals surface area contributed by atoms with Crippen molar-refractivity contribution in [3.05, 3.63) is 17.9 Å². The lowest BCUT2D eigenvalue weighted by molar-refractivity contribution is 0.0656. The van der Waals surface area contributed by atoms with Crippen molar-refractivity contribution in [3.63, 3.8) is 0 Å². The van der Waals surface area contributed by atoms with E-state index in [4.69, 9.17) is 14.3 Å². The third-order valence-electron chi connectivity index (χ3n) is 2.90. The van der Waals surface area contributed by atoms with E-state index >= 15 is 0 Å². The van der Waals surface area contributed by atoms with E-state index in [-0.39, 0.29) is 10.9 Å². The van der Waals surface area contributed by atoms with Crippen LogP contribution in [-0.2, 0) is 15.5 Å². The van der Waals surface area contributed by atoms with E-state index < -0.39 is 16.8 Å². The summed E-state index contributed by atoms with van der Waals surface area (Å²) in [4.78, 5) is 10.6. The number of rotatable bonds is 6. The molecule has 2 unspecified atom stereocenters. The van der Waals surface area contributed by atoms with Gasteiger partial charge in [-0.15, -0.1) is 0 Å². The number of aromatic carboxylic acids is 1. The van der Waals surface area contributed by atoms with Gasteiger partial charge >= 0.3 is 5.97 Å². The van der Waals surface area contributed by atoms with Gasteiger partial charge < -0.3 is 14.3 Å². The lowest BCUT2D eigenvalue weighted by Crippen LogP contribution is -2.07. The SMILES string of the molecule is O=C(O)c1ccc(S(=O)CCCC2CCCO2)o1. The number of carboxylic acids is 1. The van der Waals surface area contributed by atoms with Crippen LogP contribution in [0.5, 0.6) is 0 Å². The summed E-state index contributed by atoms with van der Waals surface area (Å²) in [7, 11) is -1.26. The van der Waals surface area contributed by atoms with Crippen LogP contribution in [0.15, 0.2) is 21.6 Å². The highest BCUT2D eigenvalue weighted by Gasteiger charge is 2.17. The molecule has 1 fully saturated rings. The third kappa shape index (κ3) is 3.43. The molecular formula is C12H16O5S. The molecule has 0 bridgehead atoms. The zero-order valence-corrected chi connectivity index (χ0v) is 10.8. The Morgan fingerprint density at radius 3 is 2.94 bits per heavy atom. The van der Waals surface area contributed by atoms with Gasteiger partial charge in [0.15, 0.2) is 5.09 Å². The number of furan rings is 1. The van der Waals surface area contributed by atoms with Crippen molar-refractivity contribution in [2.45, 2.75) is 36.9 Å². The fraction of sp³-hybridized carbons (Fsp3) is 0.583. The second kappa shape index (κ2) is 6.15. The maximum absolute atomic E-state index is 11.8. The quantitative estimate of drug-likeness (QED) is 0.857. The fourth-order valence-electron chi connectivity index (χ4n) is 1.97. The van der Waals surface area contributed by atoms with Gasteiger partial charge in [-0.1, -0.05) is 0 Å². The molecule has 1 saturated heterocycles. The largest absolute Gasteiger partial charge is 0.475 e. The smallest absolute Gasteiger partial charge is 0.371 e. The standard InChI is InChI=1S/C12H16O5S/c13-12(14)10-5-6-11(17-10)18(15)8-2-4-9-3-1-7-16-9/h5-6,9H,1-4,7-8H2,(H,13,14). The summed E-state index contributed by atoms with van der Waals surface area (Å²) in [6, 6.07) is 2.79. The predicted molar refractivity (Wildman–Crippen MR) is 65.2 cm³/mol. The molecule has 100 valence electrons. The Hall–Kier alpha value is -1.14. The van der Waals surface area contributed by atoms with Gasteiger partial charge in [0.05, 0.1) is 16.9 Å². The molecule has 2 atom stereocenters. The lowest BCUT2D eigenvalue weighted by atomic mass is 10.1. The molecule has 1 aromatic heterocycles. The summed E-state index contributed by atoms with van der Waals surface area (Å²) in [5.41, 5.74) is 0. The van der Waals surface area contributed by atoms with E-state index in [1.165, 1.54) is 12.1 Å². The normalized spacial score (nSPS) is 21.0. The first-order chi connectivity index (χ1) is 8.66. The maximum Gasteiger partial charge on any atom is 0.371 e. The van der Waals surface area contributed by atoms with Crippen molar-refractivity contribution in [1.29, 1.82) is 0 Å². The highest BCUT2D eigenvalue weighted by Crippen LogP contribution is 2.18. The molecule has 2 heterocycles. The molecule has 0 amide bonds. The Morgan fingerprint density at radius 2 is 2.33 bits per heavy atom. The van der Waals surface area contributed by atoms with Gasteiger partial charge in [0, 0.05) is 12.4 Å². The highest BCUT2D eigenvalue weighted by atomic mass is 32.2. The average Bonchev–Trinajstić information content (AvgIpc) is 2.99. The summed E-state index contributed by atoms with van der Waals surface area (Å²) in [6.07, 6.45) is 4.18. The van der Waals surface area contributed by atoms with E-state index in [9.17, 15) is 9.00 Å². The van der Waals surface area contributed by atoms with Gasteiger partial charge in [0.1, 0.15) is 0 Å². The molecule has 0 radical (unpaired) electrons. The minimum absolute atomic E-state index is 0.169. The van der Waals surface area contributed by atoms with E-state index in [2.05, 4.69) is 0 Å². The Morgan fingerprint density at radius 1 is 1.50 bits per heavy atom. The van der Waals surface area contributed by atoms with Gasteiger partial charge in [-0.3, -0.25) is 4.21 Å². The van der Waals surface area contributed by atoms with Gasteiger partial charge in [-0.05, 0) is 37.8 Å². The zero-order valence-electron chi connectivity index (χ0n) is 9.96. The number of carbonyl (C=O) groups is 1. The van der Waals surface area contributed by atoms with Crippen LogP contribution in [0.1, 0.15) is 36.2 Å². The summed E-state index contributed by atoms with van der Waals surface area (Å²) < 4.78 is 22.3. The van der Waals surface area contributed by atoms with Gasteiger partial charge in [0.25, 0.3) is 0 Å². The molecule has 0 spiro atoms. The van der Waals surface area contributed by atoms with Crippen molar-refractivity contribution in [2.75, 3.05) is 12.4 Å². The first kappa shape index (κ1) is 13.3. The minimum atomic E-state index is -1.26. The molecule has 1 N–H and O–H groups in total. The third-order valence-corrected chi connectivity index (χ3v) is 4.22. The minimum Gasteiger partial charge on any atom is -0.475 e.